The van der Waals surface area contributed by atoms with Crippen molar-refractivity contribution in [1.82, 2.24) is 10.3 Å². The van der Waals surface area contributed by atoms with Crippen LogP contribution in [0.25, 0.3) is 10.8 Å². The fourth-order valence-corrected chi connectivity index (χ4v) is 3.86. The van der Waals surface area contributed by atoms with Gasteiger partial charge < -0.3 is 5.32 Å². The van der Waals surface area contributed by atoms with E-state index in [0.29, 0.717) is 5.17 Å². The Kier molecular flexibility index (Phi) is 3.85. The average molecular weight is 327 g/mol. The third-order valence-corrected chi connectivity index (χ3v) is 4.94. The number of hydrogen-bond donors (Lipinski definition) is 1. The van der Waals surface area contributed by atoms with Gasteiger partial charge in [-0.3, -0.25) is 9.59 Å². The van der Waals surface area contributed by atoms with Crippen LogP contribution in [0.3, 0.4) is 0 Å². The number of fused-ring (bicyclic) bond motifs is 1. The van der Waals surface area contributed by atoms with Gasteiger partial charge in [0.15, 0.2) is 5.17 Å². The van der Waals surface area contributed by atoms with E-state index in [0.717, 1.165) is 16.3 Å². The molecule has 0 saturated carbocycles. The first-order chi connectivity index (χ1) is 10.9. The second-order valence-corrected chi connectivity index (χ2v) is 6.95. The van der Waals surface area contributed by atoms with Crippen molar-refractivity contribution in [2.75, 3.05) is 0 Å². The number of benzene rings is 2. The van der Waals surface area contributed by atoms with Crippen LogP contribution in [0.5, 0.6) is 0 Å². The number of nitrogens with zero attached hydrogens (tertiary/aromatic N) is 2. The fourth-order valence-electron chi connectivity index (χ4n) is 2.67. The second-order valence-electron chi connectivity index (χ2n) is 5.56. The molecule has 23 heavy (non-hydrogen) atoms. The summed E-state index contributed by atoms with van der Waals surface area (Å²) in [5.74, 6) is -0.379. The van der Waals surface area contributed by atoms with Crippen molar-refractivity contribution in [3.8, 4) is 0 Å². The van der Waals surface area contributed by atoms with Gasteiger partial charge in [-0.2, -0.15) is 0 Å². The van der Waals surface area contributed by atoms with Gasteiger partial charge in [0.2, 0.25) is 11.8 Å². The molecule has 2 aromatic carbocycles. The molecule has 0 spiro atoms. The summed E-state index contributed by atoms with van der Waals surface area (Å²) in [4.78, 5) is 22.6. The van der Waals surface area contributed by atoms with Gasteiger partial charge in [0, 0.05) is 13.8 Å². The average Bonchev–Trinajstić information content (AvgIpc) is 2.84. The molecule has 1 aliphatic heterocycles. The Hall–Kier alpha value is -2.34. The number of nitrogens with one attached hydrogen (secondary N) is 1. The first-order valence-electron chi connectivity index (χ1n) is 7.25. The molecule has 5 nitrogen and oxygen atoms in total. The summed E-state index contributed by atoms with van der Waals surface area (Å²) in [6, 6.07) is 14.2. The van der Waals surface area contributed by atoms with Gasteiger partial charge in [-0.15, -0.1) is 5.10 Å². The Bertz CT molecular complexity index is 833. The van der Waals surface area contributed by atoms with E-state index in [1.807, 2.05) is 43.3 Å². The van der Waals surface area contributed by atoms with Crippen LogP contribution < -0.4 is 5.32 Å². The number of hydrazone groups is 1. The molecule has 0 aromatic heterocycles. The zero-order valence-electron chi connectivity index (χ0n) is 13.2. The summed E-state index contributed by atoms with van der Waals surface area (Å²) in [7, 11) is 0. The van der Waals surface area contributed by atoms with Gasteiger partial charge in [-0.1, -0.05) is 48.2 Å². The zero-order chi connectivity index (χ0) is 16.6. The van der Waals surface area contributed by atoms with Gasteiger partial charge >= 0.3 is 0 Å². The van der Waals surface area contributed by atoms with Crippen LogP contribution in [0, 0.1) is 0 Å². The lowest BCUT2D eigenvalue weighted by molar-refractivity contribution is -0.131. The molecular weight excluding hydrogens is 310 g/mol. The standard InChI is InChI=1S/C17H17N3O2S/c1-11(21)18-16-19-20(12(2)22)17(3,23-16)15-9-8-13-6-4-5-7-14(13)10-15/h4-10H,1-3H3,(H,18,19,21)/t17-/m1/s1. The van der Waals surface area contributed by atoms with Crippen molar-refractivity contribution < 1.29 is 9.59 Å². The van der Waals surface area contributed by atoms with Crippen molar-refractivity contribution in [2.24, 2.45) is 5.10 Å². The quantitative estimate of drug-likeness (QED) is 0.876. The Balaban J connectivity index is 2.04. The lowest BCUT2D eigenvalue weighted by Crippen LogP contribution is -2.37. The van der Waals surface area contributed by atoms with Gasteiger partial charge in [0.05, 0.1) is 0 Å². The molecule has 2 aromatic rings. The SMILES string of the molecule is CC(=O)NC1=NN(C(C)=O)[C@@](C)(c2ccc3ccccc3c2)S1. The zero-order valence-corrected chi connectivity index (χ0v) is 14.0. The van der Waals surface area contributed by atoms with Crippen molar-refractivity contribution in [3.05, 3.63) is 48.0 Å². The molecule has 1 aliphatic rings. The molecule has 3 rings (SSSR count). The second kappa shape index (κ2) is 5.70. The molecule has 0 aliphatic carbocycles. The van der Waals surface area contributed by atoms with Crippen molar-refractivity contribution in [2.45, 2.75) is 25.6 Å². The minimum atomic E-state index is -0.687. The number of rotatable bonds is 1. The van der Waals surface area contributed by atoms with E-state index in [-0.39, 0.29) is 11.8 Å². The maximum atomic E-state index is 12.0. The predicted molar refractivity (Wildman–Crippen MR) is 92.7 cm³/mol. The summed E-state index contributed by atoms with van der Waals surface area (Å²) in [5, 5.41) is 11.0. The molecule has 2 amide bonds. The van der Waals surface area contributed by atoms with Crippen LogP contribution in [0.15, 0.2) is 47.6 Å². The summed E-state index contributed by atoms with van der Waals surface area (Å²) < 4.78 is 0. The normalized spacial score (nSPS) is 20.5. The monoisotopic (exact) mass is 327 g/mol. The lowest BCUT2D eigenvalue weighted by atomic mass is 10.0. The minimum Gasteiger partial charge on any atom is -0.304 e. The number of hydrogen-bond acceptors (Lipinski definition) is 4. The van der Waals surface area contributed by atoms with Gasteiger partial charge in [0.25, 0.3) is 0 Å². The first-order valence-corrected chi connectivity index (χ1v) is 8.07. The lowest BCUT2D eigenvalue weighted by Gasteiger charge is -2.31. The Morgan fingerprint density at radius 3 is 2.48 bits per heavy atom. The Labute approximate surface area is 138 Å². The van der Waals surface area contributed by atoms with E-state index in [4.69, 9.17) is 0 Å². The van der Waals surface area contributed by atoms with E-state index < -0.39 is 4.87 Å². The molecule has 118 valence electrons. The molecule has 0 unspecified atom stereocenters. The maximum absolute atomic E-state index is 12.0. The largest absolute Gasteiger partial charge is 0.304 e. The first kappa shape index (κ1) is 15.6. The molecule has 1 N–H and O–H groups in total. The minimum absolute atomic E-state index is 0.173. The topological polar surface area (TPSA) is 61.8 Å². The number of carbonyl (C=O) groups excluding carboxylic acids is 2. The highest BCUT2D eigenvalue weighted by atomic mass is 32.2. The van der Waals surface area contributed by atoms with Crippen LogP contribution in [-0.2, 0) is 14.5 Å². The van der Waals surface area contributed by atoms with E-state index >= 15 is 0 Å². The van der Waals surface area contributed by atoms with Crippen LogP contribution in [0.1, 0.15) is 26.3 Å². The van der Waals surface area contributed by atoms with Crippen LogP contribution in [0.4, 0.5) is 0 Å². The molecule has 6 heteroatoms. The van der Waals surface area contributed by atoms with Crippen LogP contribution in [0.2, 0.25) is 0 Å². The summed E-state index contributed by atoms with van der Waals surface area (Å²) in [5.41, 5.74) is 0.959. The van der Waals surface area contributed by atoms with Gasteiger partial charge in [0.1, 0.15) is 4.87 Å². The van der Waals surface area contributed by atoms with Gasteiger partial charge in [-0.25, -0.2) is 5.01 Å². The molecule has 0 radical (unpaired) electrons. The highest BCUT2D eigenvalue weighted by Crippen LogP contribution is 2.45. The fraction of sp³-hybridized carbons (Fsp3) is 0.235. The van der Waals surface area contributed by atoms with E-state index in [1.165, 1.54) is 30.6 Å². The van der Waals surface area contributed by atoms with E-state index in [2.05, 4.69) is 16.5 Å². The Morgan fingerprint density at radius 2 is 1.83 bits per heavy atom. The third-order valence-electron chi connectivity index (χ3n) is 3.76. The third kappa shape index (κ3) is 2.82. The summed E-state index contributed by atoms with van der Waals surface area (Å²) in [6.07, 6.45) is 0. The van der Waals surface area contributed by atoms with Crippen LogP contribution >= 0.6 is 11.8 Å². The Morgan fingerprint density at radius 1 is 1.13 bits per heavy atom. The van der Waals surface area contributed by atoms with Crippen molar-refractivity contribution in [1.29, 1.82) is 0 Å². The van der Waals surface area contributed by atoms with E-state index in [1.54, 1.807) is 0 Å². The van der Waals surface area contributed by atoms with Crippen molar-refractivity contribution in [3.63, 3.8) is 0 Å². The molecule has 1 atom stereocenters. The van der Waals surface area contributed by atoms with Gasteiger partial charge in [-0.05, 0) is 29.3 Å². The molecule has 1 heterocycles. The smallest absolute Gasteiger partial charge is 0.241 e. The number of thioether (sulfide) groups is 1. The number of carbonyl (C=O) groups is 2. The molecule has 0 bridgehead atoms. The van der Waals surface area contributed by atoms with E-state index in [9.17, 15) is 9.59 Å². The summed E-state index contributed by atoms with van der Waals surface area (Å²) >= 11 is 1.36. The molecular formula is C17H17N3O2S. The highest BCUT2D eigenvalue weighted by Gasteiger charge is 2.43. The molecule has 0 fully saturated rings. The molecule has 0 saturated heterocycles. The highest BCUT2D eigenvalue weighted by molar-refractivity contribution is 8.14. The summed E-state index contributed by atoms with van der Waals surface area (Å²) in [6.45, 7) is 4.83. The number of amides is 2. The predicted octanol–water partition coefficient (Wildman–Crippen LogP) is 3.01. The van der Waals surface area contributed by atoms with Crippen molar-refractivity contribution >= 4 is 39.5 Å². The number of amidine groups is 1. The maximum Gasteiger partial charge on any atom is 0.241 e. The van der Waals surface area contributed by atoms with Crippen LogP contribution in [-0.4, -0.2) is 22.0 Å².